The van der Waals surface area contributed by atoms with Crippen LogP contribution in [0.1, 0.15) is 63.1 Å². The fourth-order valence-corrected chi connectivity index (χ4v) is 7.24. The molecule has 2 heterocycles. The number of carbonyl (C=O) groups excluding carboxylic acids is 3. The van der Waals surface area contributed by atoms with Crippen molar-refractivity contribution in [1.29, 1.82) is 0 Å². The quantitative estimate of drug-likeness (QED) is 0.121. The molecule has 1 spiro atoms. The number of phenolic OH excluding ortho intramolecular Hbond substituents is 2. The normalized spacial score (nSPS) is 20.2. The van der Waals surface area contributed by atoms with Crippen molar-refractivity contribution in [2.24, 2.45) is 17.8 Å². The Balaban J connectivity index is 0.833. The molecule has 2 aliphatic carbocycles. The van der Waals surface area contributed by atoms with Gasteiger partial charge >= 0.3 is 12.1 Å². The van der Waals surface area contributed by atoms with Crippen molar-refractivity contribution in [3.8, 4) is 34.8 Å². The molecule has 12 nitrogen and oxygen atoms in total. The Morgan fingerprint density at radius 3 is 2.04 bits per heavy atom. The molecule has 7 rings (SSSR count). The summed E-state index contributed by atoms with van der Waals surface area (Å²) < 4.78 is 28.5. The van der Waals surface area contributed by atoms with E-state index in [2.05, 4.69) is 22.5 Å². The Morgan fingerprint density at radius 1 is 0.800 bits per heavy atom. The molecule has 1 saturated carbocycles. The monoisotopic (exact) mass is 682 g/mol. The van der Waals surface area contributed by atoms with E-state index in [0.29, 0.717) is 67.4 Å². The van der Waals surface area contributed by atoms with Crippen LogP contribution < -0.4 is 15.4 Å². The number of esters is 1. The van der Waals surface area contributed by atoms with Crippen LogP contribution in [0.4, 0.5) is 4.79 Å². The summed E-state index contributed by atoms with van der Waals surface area (Å²) in [5, 5.41) is 25.7. The first-order valence-electron chi connectivity index (χ1n) is 16.9. The van der Waals surface area contributed by atoms with Gasteiger partial charge in [0.2, 0.25) is 0 Å². The number of nitrogens with one attached hydrogen (secondary N) is 2. The first-order chi connectivity index (χ1) is 24.3. The second kappa shape index (κ2) is 14.3. The Kier molecular flexibility index (Phi) is 9.52. The lowest BCUT2D eigenvalue weighted by Gasteiger charge is -2.36. The lowest BCUT2D eigenvalue weighted by Crippen LogP contribution is -2.33. The summed E-state index contributed by atoms with van der Waals surface area (Å²) in [4.78, 5) is 38.3. The van der Waals surface area contributed by atoms with Crippen molar-refractivity contribution in [3.63, 3.8) is 0 Å². The lowest BCUT2D eigenvalue weighted by molar-refractivity contribution is 0.0224. The van der Waals surface area contributed by atoms with Gasteiger partial charge in [-0.2, -0.15) is 0 Å². The molecule has 0 radical (unpaired) electrons. The first-order valence-corrected chi connectivity index (χ1v) is 16.9. The summed E-state index contributed by atoms with van der Waals surface area (Å²) in [5.41, 5.74) is 0.601. The maximum Gasteiger partial charge on any atom is 0.407 e. The van der Waals surface area contributed by atoms with Crippen molar-refractivity contribution >= 4 is 18.0 Å². The predicted octanol–water partition coefficient (Wildman–Crippen LogP) is 4.59. The summed E-state index contributed by atoms with van der Waals surface area (Å²) in [6.07, 6.45) is 3.62. The van der Waals surface area contributed by atoms with Gasteiger partial charge in [0.1, 0.15) is 23.0 Å². The molecule has 3 aromatic carbocycles. The third-order valence-electron chi connectivity index (χ3n) is 9.70. The zero-order valence-electron chi connectivity index (χ0n) is 27.4. The fraction of sp³-hybridized carbons (Fsp3) is 0.395. The van der Waals surface area contributed by atoms with Crippen LogP contribution in [-0.2, 0) is 24.5 Å². The standard InChI is InChI=1S/C38H38N2O10/c41-24-8-11-31-33(20-24)49-34-21-25(42)9-12-32(34)38(31)30-10-7-23(19-28(30)36(44)50-38)35(43)39-13-15-46-17-18-47-16-14-40-37(45)48-22-29-26-5-3-1-2-4-6-27(26)29/h7-12,19-21,26-27,29,41-42H,3-6,13-18,22H2,(H,39,43)(H,40,45). The van der Waals surface area contributed by atoms with Gasteiger partial charge in [0.25, 0.3) is 5.91 Å². The third-order valence-corrected chi connectivity index (χ3v) is 9.70. The maximum absolute atomic E-state index is 13.3. The van der Waals surface area contributed by atoms with E-state index in [-0.39, 0.29) is 53.2 Å². The van der Waals surface area contributed by atoms with Crippen molar-refractivity contribution in [2.75, 3.05) is 46.1 Å². The molecule has 1 fully saturated rings. The van der Waals surface area contributed by atoms with E-state index >= 15 is 0 Å². The van der Waals surface area contributed by atoms with Gasteiger partial charge in [-0.1, -0.05) is 6.07 Å². The molecule has 50 heavy (non-hydrogen) atoms. The SMILES string of the molecule is O=C(NCCOCCOCCNC(=O)c1ccc2c(c1)C(=O)OC21c2ccc(O)cc2Oc2cc(O)ccc21)OCC1C2CCC#CCCC21. The molecule has 260 valence electrons. The number of alkyl carbamates (subject to hydrolysis) is 1. The smallest absolute Gasteiger partial charge is 0.407 e. The lowest BCUT2D eigenvalue weighted by atomic mass is 9.77. The highest BCUT2D eigenvalue weighted by molar-refractivity contribution is 6.01. The Bertz CT molecular complexity index is 1790. The van der Waals surface area contributed by atoms with Crippen LogP contribution in [0.5, 0.6) is 23.0 Å². The number of hydrogen-bond acceptors (Lipinski definition) is 10. The predicted molar refractivity (Wildman–Crippen MR) is 178 cm³/mol. The highest BCUT2D eigenvalue weighted by Gasteiger charge is 2.54. The number of fused-ring (bicyclic) bond motifs is 7. The summed E-state index contributed by atoms with van der Waals surface area (Å²) in [6, 6.07) is 13.8. The summed E-state index contributed by atoms with van der Waals surface area (Å²) in [5.74, 6) is 7.55. The van der Waals surface area contributed by atoms with Gasteiger partial charge in [0.15, 0.2) is 5.60 Å². The number of amides is 2. The van der Waals surface area contributed by atoms with Gasteiger partial charge in [0.05, 0.1) is 38.6 Å². The topological polar surface area (TPSA) is 162 Å². The molecule has 2 atom stereocenters. The van der Waals surface area contributed by atoms with Crippen molar-refractivity contribution in [1.82, 2.24) is 10.6 Å². The molecule has 4 N–H and O–H groups in total. The molecule has 2 amide bonds. The van der Waals surface area contributed by atoms with Crippen LogP contribution in [-0.4, -0.2) is 74.3 Å². The molecular weight excluding hydrogens is 644 g/mol. The molecule has 0 bridgehead atoms. The first kappa shape index (κ1) is 33.3. The average molecular weight is 683 g/mol. The average Bonchev–Trinajstić information content (AvgIpc) is 3.65. The second-order valence-electron chi connectivity index (χ2n) is 12.7. The van der Waals surface area contributed by atoms with Crippen LogP contribution >= 0.6 is 0 Å². The Hall–Kier alpha value is -5.25. The highest BCUT2D eigenvalue weighted by atomic mass is 16.6. The van der Waals surface area contributed by atoms with Crippen LogP contribution in [0.15, 0.2) is 54.6 Å². The molecule has 0 aromatic heterocycles. The minimum absolute atomic E-state index is 0.0370. The van der Waals surface area contributed by atoms with Gasteiger partial charge in [0, 0.05) is 60.3 Å². The molecule has 0 saturated heterocycles. The molecule has 3 aromatic rings. The fourth-order valence-electron chi connectivity index (χ4n) is 7.24. The number of ether oxygens (including phenoxy) is 5. The van der Waals surface area contributed by atoms with Gasteiger partial charge in [-0.05, 0) is 67.0 Å². The van der Waals surface area contributed by atoms with Crippen LogP contribution in [0.3, 0.4) is 0 Å². The zero-order valence-corrected chi connectivity index (χ0v) is 27.4. The van der Waals surface area contributed by atoms with E-state index in [9.17, 15) is 24.6 Å². The van der Waals surface area contributed by atoms with E-state index in [0.717, 1.165) is 25.7 Å². The van der Waals surface area contributed by atoms with E-state index in [1.165, 1.54) is 30.3 Å². The molecule has 4 aliphatic rings. The molecule has 12 heteroatoms. The highest BCUT2D eigenvalue weighted by Crippen LogP contribution is 2.57. The van der Waals surface area contributed by atoms with Crippen LogP contribution in [0, 0.1) is 29.6 Å². The van der Waals surface area contributed by atoms with Gasteiger partial charge in [-0.25, -0.2) is 9.59 Å². The minimum Gasteiger partial charge on any atom is -0.508 e. The number of phenols is 2. The maximum atomic E-state index is 13.3. The molecule has 2 aliphatic heterocycles. The van der Waals surface area contributed by atoms with Crippen LogP contribution in [0.25, 0.3) is 0 Å². The van der Waals surface area contributed by atoms with Crippen molar-refractivity contribution in [3.05, 3.63) is 82.4 Å². The Labute approximate surface area is 289 Å². The second-order valence-corrected chi connectivity index (χ2v) is 12.7. The van der Waals surface area contributed by atoms with Crippen molar-refractivity contribution < 1.29 is 48.3 Å². The summed E-state index contributed by atoms with van der Waals surface area (Å²) in [6.45, 7) is 2.21. The summed E-state index contributed by atoms with van der Waals surface area (Å²) >= 11 is 0. The van der Waals surface area contributed by atoms with Gasteiger partial charge < -0.3 is 44.5 Å². The number of carbonyl (C=O) groups is 3. The number of benzene rings is 3. The van der Waals surface area contributed by atoms with E-state index in [1.807, 2.05) is 0 Å². The molecule has 2 unspecified atom stereocenters. The van der Waals surface area contributed by atoms with E-state index in [1.54, 1.807) is 24.3 Å². The van der Waals surface area contributed by atoms with Crippen LogP contribution in [0.2, 0.25) is 0 Å². The third kappa shape index (κ3) is 6.66. The zero-order chi connectivity index (χ0) is 34.7. The van der Waals surface area contributed by atoms with Gasteiger partial charge in [-0.3, -0.25) is 4.79 Å². The molecular formula is C38H38N2O10. The van der Waals surface area contributed by atoms with E-state index < -0.39 is 17.7 Å². The van der Waals surface area contributed by atoms with E-state index in [4.69, 9.17) is 23.7 Å². The Morgan fingerprint density at radius 2 is 1.40 bits per heavy atom. The van der Waals surface area contributed by atoms with Crippen molar-refractivity contribution in [2.45, 2.75) is 31.3 Å². The number of rotatable bonds is 12. The largest absolute Gasteiger partial charge is 0.508 e. The number of aromatic hydroxyl groups is 2. The summed E-state index contributed by atoms with van der Waals surface area (Å²) in [7, 11) is 0. The minimum atomic E-state index is -1.40. The van der Waals surface area contributed by atoms with Gasteiger partial charge in [-0.15, -0.1) is 11.8 Å². The number of hydrogen-bond donors (Lipinski definition) is 4.